The van der Waals surface area contributed by atoms with Gasteiger partial charge in [0.2, 0.25) is 5.91 Å². The monoisotopic (exact) mass is 262 g/mol. The molecule has 0 aliphatic heterocycles. The lowest BCUT2D eigenvalue weighted by atomic mass is 9.88. The number of nitrogens with zero attached hydrogens (tertiary/aromatic N) is 2. The number of carbonyl (C=O) groups excluding carboxylic acids is 1. The van der Waals surface area contributed by atoms with Gasteiger partial charge in [-0.3, -0.25) is 4.79 Å². The van der Waals surface area contributed by atoms with Crippen LogP contribution in [0.25, 0.3) is 0 Å². The van der Waals surface area contributed by atoms with Gasteiger partial charge in [-0.05, 0) is 38.8 Å². The van der Waals surface area contributed by atoms with E-state index >= 15 is 0 Å². The molecule has 1 heterocycles. The fourth-order valence-electron chi connectivity index (χ4n) is 2.93. The molecule has 3 nitrogen and oxygen atoms in total. The average Bonchev–Trinajstić information content (AvgIpc) is 2.81. The number of rotatable bonds is 4. The first-order valence-electron chi connectivity index (χ1n) is 7.50. The van der Waals surface area contributed by atoms with Crippen molar-refractivity contribution in [3.05, 3.63) is 24.0 Å². The van der Waals surface area contributed by atoms with Crippen LogP contribution >= 0.6 is 0 Å². The van der Waals surface area contributed by atoms with Crippen LogP contribution in [0.4, 0.5) is 0 Å². The van der Waals surface area contributed by atoms with Crippen LogP contribution in [0.5, 0.6) is 0 Å². The first-order valence-corrected chi connectivity index (χ1v) is 7.50. The molecule has 0 N–H and O–H groups in total. The largest absolute Gasteiger partial charge is 0.353 e. The van der Waals surface area contributed by atoms with Gasteiger partial charge in [0.25, 0.3) is 0 Å². The third-order valence-electron chi connectivity index (χ3n) is 4.24. The molecule has 1 amide bonds. The van der Waals surface area contributed by atoms with Gasteiger partial charge in [0, 0.05) is 30.9 Å². The van der Waals surface area contributed by atoms with E-state index in [4.69, 9.17) is 0 Å². The summed E-state index contributed by atoms with van der Waals surface area (Å²) in [5, 5.41) is 0. The van der Waals surface area contributed by atoms with Crippen molar-refractivity contribution in [3.63, 3.8) is 0 Å². The van der Waals surface area contributed by atoms with E-state index in [9.17, 15) is 4.79 Å². The molecule has 1 fully saturated rings. The Hall–Kier alpha value is -1.25. The topological polar surface area (TPSA) is 25.2 Å². The quantitative estimate of drug-likeness (QED) is 0.817. The lowest BCUT2D eigenvalue weighted by Gasteiger charge is -2.32. The molecule has 1 saturated carbocycles. The molecular formula is C16H26N2O. The van der Waals surface area contributed by atoms with Gasteiger partial charge >= 0.3 is 0 Å². The molecule has 19 heavy (non-hydrogen) atoms. The minimum absolute atomic E-state index is 0.261. The summed E-state index contributed by atoms with van der Waals surface area (Å²) in [7, 11) is 2.04. The van der Waals surface area contributed by atoms with E-state index < -0.39 is 0 Å². The molecule has 0 atom stereocenters. The molecule has 0 unspecified atom stereocenters. The van der Waals surface area contributed by atoms with Crippen LogP contribution < -0.4 is 0 Å². The van der Waals surface area contributed by atoms with E-state index in [2.05, 4.69) is 24.5 Å². The van der Waals surface area contributed by atoms with Crippen LogP contribution in [0.3, 0.4) is 0 Å². The predicted molar refractivity (Wildman–Crippen MR) is 77.7 cm³/mol. The first kappa shape index (κ1) is 14.2. The number of hydrogen-bond acceptors (Lipinski definition) is 1. The predicted octanol–water partition coefficient (Wildman–Crippen LogP) is 3.34. The number of carbonyl (C=O) groups is 1. The standard InChI is InChI=1S/C16H26N2O/c1-13(2)18(12-15-10-7-11-17(15)3)16(19)14-8-5-4-6-9-14/h7,10-11,13-14H,4-6,8-9,12H2,1-3H3. The van der Waals surface area contributed by atoms with Crippen LogP contribution in [0.2, 0.25) is 0 Å². The molecule has 2 rings (SSSR count). The number of hydrogen-bond donors (Lipinski definition) is 0. The number of amides is 1. The highest BCUT2D eigenvalue weighted by Crippen LogP contribution is 2.26. The average molecular weight is 262 g/mol. The molecule has 1 aliphatic rings. The van der Waals surface area contributed by atoms with E-state index in [-0.39, 0.29) is 12.0 Å². The van der Waals surface area contributed by atoms with Crippen LogP contribution in [-0.4, -0.2) is 21.4 Å². The molecule has 0 bridgehead atoms. The van der Waals surface area contributed by atoms with Crippen molar-refractivity contribution in [1.82, 2.24) is 9.47 Å². The summed E-state index contributed by atoms with van der Waals surface area (Å²) in [4.78, 5) is 14.7. The molecule has 0 radical (unpaired) electrons. The molecule has 1 aromatic heterocycles. The maximum Gasteiger partial charge on any atom is 0.226 e. The van der Waals surface area contributed by atoms with Gasteiger partial charge in [-0.2, -0.15) is 0 Å². The maximum atomic E-state index is 12.7. The molecular weight excluding hydrogens is 236 g/mol. The Morgan fingerprint density at radius 2 is 2.05 bits per heavy atom. The minimum Gasteiger partial charge on any atom is -0.353 e. The Kier molecular flexibility index (Phi) is 4.67. The van der Waals surface area contributed by atoms with Gasteiger partial charge in [0.15, 0.2) is 0 Å². The first-order chi connectivity index (χ1) is 9.09. The number of aromatic nitrogens is 1. The van der Waals surface area contributed by atoms with Gasteiger partial charge in [-0.25, -0.2) is 0 Å². The van der Waals surface area contributed by atoms with Crippen molar-refractivity contribution in [2.24, 2.45) is 13.0 Å². The Balaban J connectivity index is 2.06. The molecule has 0 spiro atoms. The summed E-state index contributed by atoms with van der Waals surface area (Å²) in [6, 6.07) is 4.41. The molecule has 0 aromatic carbocycles. The highest BCUT2D eigenvalue weighted by Gasteiger charge is 2.27. The Morgan fingerprint density at radius 1 is 1.37 bits per heavy atom. The Morgan fingerprint density at radius 3 is 2.58 bits per heavy atom. The van der Waals surface area contributed by atoms with Gasteiger partial charge in [-0.1, -0.05) is 19.3 Å². The SMILES string of the molecule is CC(C)N(Cc1cccn1C)C(=O)C1CCCCC1. The second-order valence-corrected chi connectivity index (χ2v) is 6.01. The second-order valence-electron chi connectivity index (χ2n) is 6.01. The molecule has 1 aromatic rings. The van der Waals surface area contributed by atoms with Gasteiger partial charge < -0.3 is 9.47 Å². The van der Waals surface area contributed by atoms with Crippen LogP contribution in [0.1, 0.15) is 51.6 Å². The van der Waals surface area contributed by atoms with Gasteiger partial charge in [-0.15, -0.1) is 0 Å². The molecule has 106 valence electrons. The van der Waals surface area contributed by atoms with E-state index in [0.717, 1.165) is 19.4 Å². The second kappa shape index (κ2) is 6.27. The van der Waals surface area contributed by atoms with Crippen LogP contribution in [-0.2, 0) is 18.4 Å². The van der Waals surface area contributed by atoms with Crippen molar-refractivity contribution >= 4 is 5.91 Å². The lowest BCUT2D eigenvalue weighted by Crippen LogP contribution is -2.41. The Bertz CT molecular complexity index is 416. The molecule has 3 heteroatoms. The fraction of sp³-hybridized carbons (Fsp3) is 0.688. The fourth-order valence-corrected chi connectivity index (χ4v) is 2.93. The van der Waals surface area contributed by atoms with E-state index in [0.29, 0.717) is 5.91 Å². The highest BCUT2D eigenvalue weighted by atomic mass is 16.2. The van der Waals surface area contributed by atoms with Gasteiger partial charge in [0.05, 0.1) is 6.54 Å². The summed E-state index contributed by atoms with van der Waals surface area (Å²) in [5.74, 6) is 0.618. The minimum atomic E-state index is 0.261. The highest BCUT2D eigenvalue weighted by molar-refractivity contribution is 5.79. The third-order valence-corrected chi connectivity index (χ3v) is 4.24. The van der Waals surface area contributed by atoms with Crippen molar-refractivity contribution in [2.45, 2.75) is 58.5 Å². The van der Waals surface area contributed by atoms with Gasteiger partial charge in [0.1, 0.15) is 0 Å². The van der Waals surface area contributed by atoms with Crippen molar-refractivity contribution in [2.75, 3.05) is 0 Å². The zero-order chi connectivity index (χ0) is 13.8. The van der Waals surface area contributed by atoms with Crippen molar-refractivity contribution < 1.29 is 4.79 Å². The number of aryl methyl sites for hydroxylation is 1. The molecule has 1 aliphatic carbocycles. The smallest absolute Gasteiger partial charge is 0.226 e. The normalized spacial score (nSPS) is 16.8. The van der Waals surface area contributed by atoms with Crippen molar-refractivity contribution in [1.29, 1.82) is 0 Å². The van der Waals surface area contributed by atoms with E-state index in [1.807, 2.05) is 24.2 Å². The zero-order valence-electron chi connectivity index (χ0n) is 12.4. The maximum absolute atomic E-state index is 12.7. The summed E-state index contributed by atoms with van der Waals surface area (Å²) in [6.07, 6.45) is 7.92. The summed E-state index contributed by atoms with van der Waals surface area (Å²) in [5.41, 5.74) is 1.21. The summed E-state index contributed by atoms with van der Waals surface area (Å²) < 4.78 is 2.10. The van der Waals surface area contributed by atoms with Crippen LogP contribution in [0.15, 0.2) is 18.3 Å². The summed E-state index contributed by atoms with van der Waals surface area (Å²) in [6.45, 7) is 4.96. The van der Waals surface area contributed by atoms with Crippen molar-refractivity contribution in [3.8, 4) is 0 Å². The Labute approximate surface area is 116 Å². The zero-order valence-corrected chi connectivity index (χ0v) is 12.4. The molecule has 0 saturated heterocycles. The third kappa shape index (κ3) is 3.40. The van der Waals surface area contributed by atoms with E-state index in [1.165, 1.54) is 25.0 Å². The lowest BCUT2D eigenvalue weighted by molar-refractivity contribution is -0.139. The summed E-state index contributed by atoms with van der Waals surface area (Å²) >= 11 is 0. The van der Waals surface area contributed by atoms with Crippen LogP contribution in [0, 0.1) is 5.92 Å². The van der Waals surface area contributed by atoms with E-state index in [1.54, 1.807) is 0 Å².